The number of unbranched alkanes of at least 4 members (excludes halogenated alkanes) is 1. The Balaban J connectivity index is 1.40. The fourth-order valence-corrected chi connectivity index (χ4v) is 2.75. The molecule has 0 saturated carbocycles. The van der Waals surface area contributed by atoms with Gasteiger partial charge in [0.05, 0.1) is 17.7 Å². The van der Waals surface area contributed by atoms with Gasteiger partial charge in [0.1, 0.15) is 11.5 Å². The van der Waals surface area contributed by atoms with Gasteiger partial charge in [0, 0.05) is 6.54 Å². The van der Waals surface area contributed by atoms with Gasteiger partial charge in [-0.2, -0.15) is 0 Å². The van der Waals surface area contributed by atoms with Crippen molar-refractivity contribution in [1.82, 2.24) is 10.2 Å². The Morgan fingerprint density at radius 1 is 1.00 bits per heavy atom. The van der Waals surface area contributed by atoms with Crippen molar-refractivity contribution in [1.29, 1.82) is 0 Å². The van der Waals surface area contributed by atoms with Crippen LogP contribution in [-0.4, -0.2) is 29.8 Å². The zero-order chi connectivity index (χ0) is 16.2. The van der Waals surface area contributed by atoms with Gasteiger partial charge in [0.25, 0.3) is 11.8 Å². The van der Waals surface area contributed by atoms with E-state index in [1.165, 1.54) is 4.90 Å². The van der Waals surface area contributed by atoms with Crippen LogP contribution >= 0.6 is 0 Å². The third-order valence-corrected chi connectivity index (χ3v) is 3.96. The van der Waals surface area contributed by atoms with Crippen LogP contribution in [0.1, 0.15) is 45.1 Å². The van der Waals surface area contributed by atoms with Gasteiger partial charge in [0.2, 0.25) is 0 Å². The van der Waals surface area contributed by atoms with Crippen molar-refractivity contribution in [3.63, 3.8) is 0 Å². The highest BCUT2D eigenvalue weighted by atomic mass is 16.3. The van der Waals surface area contributed by atoms with Gasteiger partial charge in [0.15, 0.2) is 0 Å². The molecule has 1 aromatic heterocycles. The number of amides is 2. The zero-order valence-corrected chi connectivity index (χ0v) is 13.2. The molecule has 2 aromatic rings. The lowest BCUT2D eigenvalue weighted by Gasteiger charge is -2.13. The zero-order valence-electron chi connectivity index (χ0n) is 13.2. The second-order valence-corrected chi connectivity index (χ2v) is 5.70. The van der Waals surface area contributed by atoms with Crippen molar-refractivity contribution in [2.45, 2.75) is 26.3 Å². The van der Waals surface area contributed by atoms with Crippen molar-refractivity contribution < 1.29 is 14.0 Å². The van der Waals surface area contributed by atoms with E-state index in [2.05, 4.69) is 5.32 Å². The fourth-order valence-electron chi connectivity index (χ4n) is 2.75. The van der Waals surface area contributed by atoms with E-state index in [0.29, 0.717) is 24.2 Å². The third-order valence-electron chi connectivity index (χ3n) is 3.96. The number of rotatable bonds is 7. The molecule has 23 heavy (non-hydrogen) atoms. The summed E-state index contributed by atoms with van der Waals surface area (Å²) in [6, 6.07) is 10.9. The largest absolute Gasteiger partial charge is 0.465 e. The standard InChI is InChI=1S/C18H20N2O3/c1-13-8-9-14(23-13)12-19-10-4-5-11-20-17(21)15-6-2-3-7-16(15)18(20)22/h2-3,6-9,19H,4-5,10-12H2,1H3. The number of fused-ring (bicyclic) bond motifs is 1. The number of furan rings is 1. The maximum Gasteiger partial charge on any atom is 0.261 e. The number of benzene rings is 1. The average molecular weight is 312 g/mol. The summed E-state index contributed by atoms with van der Waals surface area (Å²) < 4.78 is 5.48. The number of nitrogens with zero attached hydrogens (tertiary/aromatic N) is 1. The number of hydrogen-bond donors (Lipinski definition) is 1. The number of carbonyl (C=O) groups is 2. The maximum atomic E-state index is 12.2. The van der Waals surface area contributed by atoms with Crippen LogP contribution in [0.15, 0.2) is 40.8 Å². The number of nitrogens with one attached hydrogen (secondary N) is 1. The minimum absolute atomic E-state index is 0.176. The lowest BCUT2D eigenvalue weighted by molar-refractivity contribution is 0.0651. The molecule has 1 aliphatic heterocycles. The minimum atomic E-state index is -0.176. The van der Waals surface area contributed by atoms with Gasteiger partial charge >= 0.3 is 0 Å². The Bertz CT molecular complexity index is 686. The monoisotopic (exact) mass is 312 g/mol. The predicted octanol–water partition coefficient (Wildman–Crippen LogP) is 2.75. The third kappa shape index (κ3) is 3.35. The van der Waals surface area contributed by atoms with Crippen molar-refractivity contribution >= 4 is 11.8 Å². The smallest absolute Gasteiger partial charge is 0.261 e. The van der Waals surface area contributed by atoms with Crippen molar-refractivity contribution in [2.24, 2.45) is 0 Å². The first kappa shape index (κ1) is 15.5. The number of aryl methyl sites for hydroxylation is 1. The normalized spacial score (nSPS) is 13.7. The SMILES string of the molecule is Cc1ccc(CNCCCCN2C(=O)c3ccccc3C2=O)o1. The van der Waals surface area contributed by atoms with Crippen LogP contribution in [-0.2, 0) is 6.54 Å². The molecule has 0 bridgehead atoms. The van der Waals surface area contributed by atoms with Gasteiger partial charge in [-0.25, -0.2) is 0 Å². The highest BCUT2D eigenvalue weighted by Gasteiger charge is 2.34. The second-order valence-electron chi connectivity index (χ2n) is 5.70. The van der Waals surface area contributed by atoms with Gasteiger partial charge in [-0.1, -0.05) is 12.1 Å². The van der Waals surface area contributed by atoms with Crippen LogP contribution in [0.5, 0.6) is 0 Å². The average Bonchev–Trinajstić information content (AvgIpc) is 3.07. The van der Waals surface area contributed by atoms with Crippen LogP contribution in [0.25, 0.3) is 0 Å². The summed E-state index contributed by atoms with van der Waals surface area (Å²) in [7, 11) is 0. The Hall–Kier alpha value is -2.40. The van der Waals surface area contributed by atoms with Crippen molar-refractivity contribution in [3.8, 4) is 0 Å². The predicted molar refractivity (Wildman–Crippen MR) is 86.2 cm³/mol. The fraction of sp³-hybridized carbons (Fsp3) is 0.333. The first-order valence-electron chi connectivity index (χ1n) is 7.88. The Morgan fingerprint density at radius 3 is 2.30 bits per heavy atom. The molecule has 1 N–H and O–H groups in total. The summed E-state index contributed by atoms with van der Waals surface area (Å²) in [6.07, 6.45) is 1.68. The Labute approximate surface area is 135 Å². The molecule has 0 saturated heterocycles. The van der Waals surface area contributed by atoms with E-state index in [-0.39, 0.29) is 11.8 Å². The maximum absolute atomic E-state index is 12.2. The van der Waals surface area contributed by atoms with Crippen LogP contribution in [0.3, 0.4) is 0 Å². The molecule has 1 aromatic carbocycles. The summed E-state index contributed by atoms with van der Waals surface area (Å²) >= 11 is 0. The molecule has 5 nitrogen and oxygen atoms in total. The van der Waals surface area contributed by atoms with Gasteiger partial charge < -0.3 is 9.73 Å². The van der Waals surface area contributed by atoms with Crippen molar-refractivity contribution in [3.05, 3.63) is 59.0 Å². The quantitative estimate of drug-likeness (QED) is 0.631. The van der Waals surface area contributed by atoms with E-state index >= 15 is 0 Å². The molecular formula is C18H20N2O3. The minimum Gasteiger partial charge on any atom is -0.465 e. The van der Waals surface area contributed by atoms with Crippen LogP contribution < -0.4 is 5.32 Å². The molecule has 2 amide bonds. The molecule has 0 atom stereocenters. The molecule has 0 radical (unpaired) electrons. The van der Waals surface area contributed by atoms with Gasteiger partial charge in [-0.3, -0.25) is 14.5 Å². The molecule has 2 heterocycles. The number of imide groups is 1. The summed E-state index contributed by atoms with van der Waals surface area (Å²) in [6.45, 7) is 3.91. The summed E-state index contributed by atoms with van der Waals surface area (Å²) in [4.78, 5) is 25.7. The van der Waals surface area contributed by atoms with Crippen LogP contribution in [0.2, 0.25) is 0 Å². The summed E-state index contributed by atoms with van der Waals surface area (Å²) in [5, 5.41) is 3.30. The molecule has 5 heteroatoms. The highest BCUT2D eigenvalue weighted by molar-refractivity contribution is 6.21. The molecule has 0 aliphatic carbocycles. The Morgan fingerprint density at radius 2 is 1.70 bits per heavy atom. The van der Waals surface area contributed by atoms with E-state index < -0.39 is 0 Å². The lowest BCUT2D eigenvalue weighted by atomic mass is 10.1. The lowest BCUT2D eigenvalue weighted by Crippen LogP contribution is -2.31. The Kier molecular flexibility index (Phi) is 4.57. The molecule has 1 aliphatic rings. The first-order valence-corrected chi connectivity index (χ1v) is 7.88. The van der Waals surface area contributed by atoms with Crippen LogP contribution in [0, 0.1) is 6.92 Å². The highest BCUT2D eigenvalue weighted by Crippen LogP contribution is 2.22. The molecule has 0 fully saturated rings. The first-order chi connectivity index (χ1) is 11.2. The van der Waals surface area contributed by atoms with E-state index in [1.807, 2.05) is 19.1 Å². The molecular weight excluding hydrogens is 292 g/mol. The van der Waals surface area contributed by atoms with E-state index in [4.69, 9.17) is 4.42 Å². The molecule has 3 rings (SSSR count). The second kappa shape index (κ2) is 6.79. The van der Waals surface area contributed by atoms with E-state index in [1.54, 1.807) is 24.3 Å². The van der Waals surface area contributed by atoms with Crippen molar-refractivity contribution in [2.75, 3.05) is 13.1 Å². The topological polar surface area (TPSA) is 62.6 Å². The van der Waals surface area contributed by atoms with E-state index in [9.17, 15) is 9.59 Å². The summed E-state index contributed by atoms with van der Waals surface area (Å²) in [5.41, 5.74) is 1.03. The van der Waals surface area contributed by atoms with Crippen LogP contribution in [0.4, 0.5) is 0 Å². The summed E-state index contributed by atoms with van der Waals surface area (Å²) in [5.74, 6) is 1.48. The van der Waals surface area contributed by atoms with Gasteiger partial charge in [-0.15, -0.1) is 0 Å². The molecule has 0 spiro atoms. The number of carbonyl (C=O) groups excluding carboxylic acids is 2. The molecule has 0 unspecified atom stereocenters. The molecule has 120 valence electrons. The van der Waals surface area contributed by atoms with Gasteiger partial charge in [-0.05, 0) is 50.6 Å². The van der Waals surface area contributed by atoms with E-state index in [0.717, 1.165) is 30.9 Å². The number of hydrogen-bond acceptors (Lipinski definition) is 4.